The highest BCUT2D eigenvalue weighted by atomic mass is 16.6. The number of aliphatic carboxylic acids is 1. The Kier molecular flexibility index (Phi) is 6.30. The summed E-state index contributed by atoms with van der Waals surface area (Å²) in [7, 11) is 1.53. The number of anilines is 1. The van der Waals surface area contributed by atoms with Crippen LogP contribution in [-0.2, 0) is 9.59 Å². The second-order valence-corrected chi connectivity index (χ2v) is 4.96. The molecule has 0 heterocycles. The number of rotatable bonds is 8. The number of nitrogens with one attached hydrogen (secondary N) is 1. The van der Waals surface area contributed by atoms with Crippen molar-refractivity contribution in [1.29, 1.82) is 0 Å². The van der Waals surface area contributed by atoms with Crippen LogP contribution in [0.5, 0.6) is 0 Å². The Morgan fingerprint density at radius 3 is 2.64 bits per heavy atom. The molecular formula is C14H19N3O5. The van der Waals surface area contributed by atoms with E-state index in [2.05, 4.69) is 5.32 Å². The minimum atomic E-state index is -0.960. The Morgan fingerprint density at radius 2 is 2.05 bits per heavy atom. The smallest absolute Gasteiger partial charge is 0.308 e. The van der Waals surface area contributed by atoms with Gasteiger partial charge < -0.3 is 15.3 Å². The Bertz CT molecular complexity index is 561. The van der Waals surface area contributed by atoms with Gasteiger partial charge in [-0.1, -0.05) is 19.1 Å². The van der Waals surface area contributed by atoms with E-state index in [1.165, 1.54) is 24.9 Å². The second-order valence-electron chi connectivity index (χ2n) is 4.96. The predicted molar refractivity (Wildman–Crippen MR) is 80.6 cm³/mol. The van der Waals surface area contributed by atoms with E-state index in [0.29, 0.717) is 5.69 Å². The van der Waals surface area contributed by atoms with Gasteiger partial charge in [-0.3, -0.25) is 19.7 Å². The van der Waals surface area contributed by atoms with Crippen molar-refractivity contribution in [3.05, 3.63) is 34.4 Å². The van der Waals surface area contributed by atoms with Gasteiger partial charge in [0.05, 0.1) is 10.8 Å². The maximum absolute atomic E-state index is 11.9. The lowest BCUT2D eigenvalue weighted by atomic mass is 10.1. The molecule has 8 nitrogen and oxygen atoms in total. The van der Waals surface area contributed by atoms with Gasteiger partial charge in [-0.05, 0) is 6.07 Å². The maximum Gasteiger partial charge on any atom is 0.308 e. The van der Waals surface area contributed by atoms with Gasteiger partial charge in [0.15, 0.2) is 0 Å². The molecule has 0 radical (unpaired) electrons. The highest BCUT2D eigenvalue weighted by Gasteiger charge is 2.17. The quantitative estimate of drug-likeness (QED) is 0.557. The summed E-state index contributed by atoms with van der Waals surface area (Å²) in [6, 6.07) is 6.18. The molecule has 0 bridgehead atoms. The number of nitro groups is 1. The fraction of sp³-hybridized carbons (Fsp3) is 0.429. The third kappa shape index (κ3) is 5.04. The molecular weight excluding hydrogens is 290 g/mol. The second kappa shape index (κ2) is 7.96. The van der Waals surface area contributed by atoms with E-state index in [1.54, 1.807) is 18.2 Å². The van der Waals surface area contributed by atoms with E-state index in [1.807, 2.05) is 0 Å². The van der Waals surface area contributed by atoms with Crippen LogP contribution in [-0.4, -0.2) is 46.9 Å². The molecule has 1 unspecified atom stereocenters. The van der Waals surface area contributed by atoms with E-state index in [-0.39, 0.29) is 31.1 Å². The molecule has 0 saturated heterocycles. The summed E-state index contributed by atoms with van der Waals surface area (Å²) in [5.74, 6) is -1.83. The first kappa shape index (κ1) is 17.4. The summed E-state index contributed by atoms with van der Waals surface area (Å²) >= 11 is 0. The van der Waals surface area contributed by atoms with E-state index < -0.39 is 16.8 Å². The molecule has 0 spiro atoms. The number of amides is 1. The van der Waals surface area contributed by atoms with Gasteiger partial charge >= 0.3 is 5.97 Å². The summed E-state index contributed by atoms with van der Waals surface area (Å²) < 4.78 is 0. The van der Waals surface area contributed by atoms with Crippen molar-refractivity contribution in [2.45, 2.75) is 13.3 Å². The van der Waals surface area contributed by atoms with E-state index >= 15 is 0 Å². The number of nitro benzene ring substituents is 1. The normalized spacial score (nSPS) is 11.5. The first-order chi connectivity index (χ1) is 10.3. The van der Waals surface area contributed by atoms with Crippen LogP contribution in [0.25, 0.3) is 0 Å². The number of benzene rings is 1. The summed E-state index contributed by atoms with van der Waals surface area (Å²) in [6.45, 7) is 1.88. The third-order valence-corrected chi connectivity index (χ3v) is 3.15. The molecule has 1 aromatic carbocycles. The van der Waals surface area contributed by atoms with Crippen LogP contribution in [0.4, 0.5) is 11.4 Å². The van der Waals surface area contributed by atoms with Crippen LogP contribution in [0.1, 0.15) is 13.3 Å². The van der Waals surface area contributed by atoms with Gasteiger partial charge in [-0.2, -0.15) is 0 Å². The highest BCUT2D eigenvalue weighted by molar-refractivity contribution is 5.78. The number of hydrogen-bond acceptors (Lipinski definition) is 5. The first-order valence-electron chi connectivity index (χ1n) is 6.77. The van der Waals surface area contributed by atoms with Crippen LogP contribution in [0, 0.1) is 16.0 Å². The highest BCUT2D eigenvalue weighted by Crippen LogP contribution is 2.22. The van der Waals surface area contributed by atoms with Gasteiger partial charge in [-0.25, -0.2) is 0 Å². The topological polar surface area (TPSA) is 113 Å². The molecule has 1 amide bonds. The van der Waals surface area contributed by atoms with E-state index in [4.69, 9.17) is 5.11 Å². The lowest BCUT2D eigenvalue weighted by Crippen LogP contribution is -2.34. The standard InChI is InChI=1S/C14H19N3O5/c1-10(14(19)20)9-16(2)13(18)7-8-15-11-5-3-4-6-12(11)17(21)22/h3-6,10,15H,7-9H2,1-2H3,(H,19,20). The molecule has 0 fully saturated rings. The fourth-order valence-electron chi connectivity index (χ4n) is 1.87. The molecule has 0 aliphatic heterocycles. The summed E-state index contributed by atoms with van der Waals surface area (Å²) in [5.41, 5.74) is 0.296. The number of nitrogens with zero attached hydrogens (tertiary/aromatic N) is 2. The van der Waals surface area contributed by atoms with Crippen LogP contribution in [0.15, 0.2) is 24.3 Å². The zero-order chi connectivity index (χ0) is 16.7. The molecule has 0 aliphatic rings. The van der Waals surface area contributed by atoms with E-state index in [9.17, 15) is 19.7 Å². The molecule has 0 saturated carbocycles. The summed E-state index contributed by atoms with van der Waals surface area (Å²) in [6.07, 6.45) is 0.120. The van der Waals surface area contributed by atoms with Crippen molar-refractivity contribution in [1.82, 2.24) is 4.90 Å². The number of carbonyl (C=O) groups excluding carboxylic acids is 1. The molecule has 22 heavy (non-hydrogen) atoms. The Balaban J connectivity index is 2.49. The first-order valence-corrected chi connectivity index (χ1v) is 6.77. The average molecular weight is 309 g/mol. The molecule has 8 heteroatoms. The van der Waals surface area contributed by atoms with Crippen LogP contribution in [0.2, 0.25) is 0 Å². The SMILES string of the molecule is CC(CN(C)C(=O)CCNc1ccccc1[N+](=O)[O-])C(=O)O. The number of para-hydroxylation sites is 2. The molecule has 1 atom stereocenters. The van der Waals surface area contributed by atoms with Crippen molar-refractivity contribution in [3.8, 4) is 0 Å². The lowest BCUT2D eigenvalue weighted by molar-refractivity contribution is -0.384. The van der Waals surface area contributed by atoms with Crippen LogP contribution in [0.3, 0.4) is 0 Å². The molecule has 2 N–H and O–H groups in total. The zero-order valence-corrected chi connectivity index (χ0v) is 12.5. The Labute approximate surface area is 127 Å². The zero-order valence-electron chi connectivity index (χ0n) is 12.5. The summed E-state index contributed by atoms with van der Waals surface area (Å²) in [4.78, 5) is 34.3. The van der Waals surface area contributed by atoms with Crippen molar-refractivity contribution in [2.24, 2.45) is 5.92 Å². The van der Waals surface area contributed by atoms with Gasteiger partial charge in [-0.15, -0.1) is 0 Å². The number of carboxylic acids is 1. The average Bonchev–Trinajstić information content (AvgIpc) is 2.47. The monoisotopic (exact) mass is 309 g/mol. The third-order valence-electron chi connectivity index (χ3n) is 3.15. The fourth-order valence-corrected chi connectivity index (χ4v) is 1.87. The van der Waals surface area contributed by atoms with Crippen molar-refractivity contribution < 1.29 is 19.6 Å². The minimum Gasteiger partial charge on any atom is -0.481 e. The Morgan fingerprint density at radius 1 is 1.41 bits per heavy atom. The van der Waals surface area contributed by atoms with Gasteiger partial charge in [0, 0.05) is 32.6 Å². The van der Waals surface area contributed by atoms with Gasteiger partial charge in [0.25, 0.3) is 5.69 Å². The number of hydrogen-bond donors (Lipinski definition) is 2. The molecule has 1 rings (SSSR count). The van der Waals surface area contributed by atoms with Crippen molar-refractivity contribution in [3.63, 3.8) is 0 Å². The van der Waals surface area contributed by atoms with Crippen molar-refractivity contribution in [2.75, 3.05) is 25.5 Å². The molecule has 1 aromatic rings. The predicted octanol–water partition coefficient (Wildman–Crippen LogP) is 1.58. The summed E-state index contributed by atoms with van der Waals surface area (Å²) in [5, 5.41) is 22.5. The molecule has 120 valence electrons. The Hall–Kier alpha value is -2.64. The van der Waals surface area contributed by atoms with Gasteiger partial charge in [0.2, 0.25) is 5.91 Å². The van der Waals surface area contributed by atoms with Crippen LogP contribution < -0.4 is 5.32 Å². The largest absolute Gasteiger partial charge is 0.481 e. The van der Waals surface area contributed by atoms with Crippen LogP contribution >= 0.6 is 0 Å². The van der Waals surface area contributed by atoms with Crippen molar-refractivity contribution >= 4 is 23.3 Å². The molecule has 0 aromatic heterocycles. The maximum atomic E-state index is 11.9. The number of carbonyl (C=O) groups is 2. The lowest BCUT2D eigenvalue weighted by Gasteiger charge is -2.19. The molecule has 0 aliphatic carbocycles. The van der Waals surface area contributed by atoms with Gasteiger partial charge in [0.1, 0.15) is 5.69 Å². The van der Waals surface area contributed by atoms with E-state index in [0.717, 1.165) is 0 Å². The minimum absolute atomic E-state index is 0.0530. The number of carboxylic acid groups (broad SMARTS) is 1.